The minimum Gasteiger partial charge on any atom is -0.497 e. The highest BCUT2D eigenvalue weighted by Gasteiger charge is 2.16. The van der Waals surface area contributed by atoms with E-state index in [9.17, 15) is 0 Å². The largest absolute Gasteiger partial charge is 0.497 e. The molecule has 0 N–H and O–H groups in total. The van der Waals surface area contributed by atoms with E-state index in [2.05, 4.69) is 16.1 Å². The van der Waals surface area contributed by atoms with Crippen LogP contribution >= 0.6 is 11.6 Å². The van der Waals surface area contributed by atoms with E-state index in [1.54, 1.807) is 7.11 Å². The van der Waals surface area contributed by atoms with Gasteiger partial charge in [0.1, 0.15) is 11.4 Å². The topological polar surface area (TPSA) is 39.9 Å². The second kappa shape index (κ2) is 6.22. The number of halogens is 1. The Morgan fingerprint density at radius 1 is 1.16 bits per heavy atom. The highest BCUT2D eigenvalue weighted by atomic mass is 35.5. The minimum absolute atomic E-state index is 0.388. The van der Waals surface area contributed by atoms with Crippen molar-refractivity contribution < 1.29 is 4.74 Å². The van der Waals surface area contributed by atoms with Gasteiger partial charge in [0.25, 0.3) is 0 Å². The highest BCUT2D eigenvalue weighted by Crippen LogP contribution is 2.35. The predicted molar refractivity (Wildman–Crippen MR) is 102 cm³/mol. The first kappa shape index (κ1) is 15.7. The van der Waals surface area contributed by atoms with Crippen LogP contribution in [0.1, 0.15) is 0 Å². The standard InChI is InChI=1S/C20H16ClN3O/c1-3-10-24-12-15(14-11-13(25-2)8-9-18(14)24)19-20(21)23-17-7-5-4-6-16(17)22-19/h3-9,11-12H,1,10H2,2H3. The van der Waals surface area contributed by atoms with Crippen molar-refractivity contribution >= 4 is 33.5 Å². The molecule has 0 radical (unpaired) electrons. The Hall–Kier alpha value is -2.85. The van der Waals surface area contributed by atoms with E-state index < -0.39 is 0 Å². The molecule has 0 amide bonds. The molecule has 4 aromatic rings. The Balaban J connectivity index is 2.02. The van der Waals surface area contributed by atoms with Crippen LogP contribution < -0.4 is 4.74 Å². The van der Waals surface area contributed by atoms with Gasteiger partial charge in [0.15, 0.2) is 5.15 Å². The second-order valence-electron chi connectivity index (χ2n) is 5.72. The average molecular weight is 350 g/mol. The molecular weight excluding hydrogens is 334 g/mol. The van der Waals surface area contributed by atoms with Crippen molar-refractivity contribution in [3.8, 4) is 17.0 Å². The van der Waals surface area contributed by atoms with Gasteiger partial charge in [-0.05, 0) is 30.3 Å². The number of nitrogens with zero attached hydrogens (tertiary/aromatic N) is 3. The fraction of sp³-hybridized carbons (Fsp3) is 0.100. The molecule has 0 saturated heterocycles. The summed E-state index contributed by atoms with van der Waals surface area (Å²) in [6.07, 6.45) is 3.90. The molecule has 0 aliphatic rings. The van der Waals surface area contributed by atoms with Gasteiger partial charge in [0.2, 0.25) is 0 Å². The van der Waals surface area contributed by atoms with Crippen molar-refractivity contribution in [2.45, 2.75) is 6.54 Å². The number of benzene rings is 2. The van der Waals surface area contributed by atoms with Crippen molar-refractivity contribution in [1.82, 2.24) is 14.5 Å². The molecule has 5 heteroatoms. The molecular formula is C20H16ClN3O. The summed E-state index contributed by atoms with van der Waals surface area (Å²) in [7, 11) is 1.66. The van der Waals surface area contributed by atoms with Crippen LogP contribution in [0.2, 0.25) is 5.15 Å². The number of hydrogen-bond donors (Lipinski definition) is 0. The molecule has 124 valence electrons. The van der Waals surface area contributed by atoms with Crippen LogP contribution in [-0.2, 0) is 6.54 Å². The summed E-state index contributed by atoms with van der Waals surface area (Å²) in [6, 6.07) is 13.7. The molecule has 0 saturated carbocycles. The Morgan fingerprint density at radius 3 is 2.64 bits per heavy atom. The lowest BCUT2D eigenvalue weighted by molar-refractivity contribution is 0.415. The molecule has 2 aromatic carbocycles. The number of fused-ring (bicyclic) bond motifs is 2. The van der Waals surface area contributed by atoms with E-state index in [0.717, 1.165) is 33.2 Å². The number of hydrogen-bond acceptors (Lipinski definition) is 3. The summed E-state index contributed by atoms with van der Waals surface area (Å²) in [5.74, 6) is 0.787. The van der Waals surface area contributed by atoms with Crippen molar-refractivity contribution in [2.75, 3.05) is 7.11 Å². The van der Waals surface area contributed by atoms with Gasteiger partial charge in [-0.2, -0.15) is 0 Å². The molecule has 2 heterocycles. The molecule has 4 nitrogen and oxygen atoms in total. The van der Waals surface area contributed by atoms with E-state index in [4.69, 9.17) is 21.3 Å². The normalized spacial score (nSPS) is 11.1. The van der Waals surface area contributed by atoms with Crippen LogP contribution in [0.4, 0.5) is 0 Å². The zero-order chi connectivity index (χ0) is 17.4. The van der Waals surface area contributed by atoms with Crippen LogP contribution in [0.5, 0.6) is 5.75 Å². The third-order valence-corrected chi connectivity index (χ3v) is 4.46. The summed E-state index contributed by atoms with van der Waals surface area (Å²) >= 11 is 6.46. The van der Waals surface area contributed by atoms with E-state index in [1.165, 1.54) is 0 Å². The van der Waals surface area contributed by atoms with E-state index >= 15 is 0 Å². The third-order valence-electron chi connectivity index (χ3n) is 4.20. The van der Waals surface area contributed by atoms with Gasteiger partial charge in [-0.1, -0.05) is 29.8 Å². The van der Waals surface area contributed by atoms with E-state index in [-0.39, 0.29) is 0 Å². The number of para-hydroxylation sites is 2. The van der Waals surface area contributed by atoms with Crippen LogP contribution in [0, 0.1) is 0 Å². The minimum atomic E-state index is 0.388. The number of allylic oxidation sites excluding steroid dienone is 1. The molecule has 0 aliphatic heterocycles. The van der Waals surface area contributed by atoms with Gasteiger partial charge in [0, 0.05) is 29.2 Å². The van der Waals surface area contributed by atoms with E-state index in [0.29, 0.717) is 17.4 Å². The third kappa shape index (κ3) is 2.65. The Morgan fingerprint density at radius 2 is 1.92 bits per heavy atom. The Labute approximate surface area is 150 Å². The van der Waals surface area contributed by atoms with Crippen LogP contribution in [0.3, 0.4) is 0 Å². The number of methoxy groups -OCH3 is 1. The molecule has 0 spiro atoms. The van der Waals surface area contributed by atoms with E-state index in [1.807, 2.05) is 54.7 Å². The summed E-state index contributed by atoms with van der Waals surface area (Å²) in [4.78, 5) is 9.25. The maximum Gasteiger partial charge on any atom is 0.156 e. The highest BCUT2D eigenvalue weighted by molar-refractivity contribution is 6.32. The molecule has 2 aromatic heterocycles. The van der Waals surface area contributed by atoms with Gasteiger partial charge in [-0.15, -0.1) is 6.58 Å². The molecule has 0 atom stereocenters. The predicted octanol–water partition coefficient (Wildman–Crippen LogP) is 5.10. The lowest BCUT2D eigenvalue weighted by atomic mass is 10.1. The molecule has 0 bridgehead atoms. The molecule has 0 fully saturated rings. The zero-order valence-corrected chi connectivity index (χ0v) is 14.5. The van der Waals surface area contributed by atoms with Crippen LogP contribution in [0.15, 0.2) is 61.3 Å². The molecule has 0 unspecified atom stereocenters. The van der Waals surface area contributed by atoms with Crippen molar-refractivity contribution in [2.24, 2.45) is 0 Å². The lowest BCUT2D eigenvalue weighted by Gasteiger charge is -2.05. The number of rotatable bonds is 4. The zero-order valence-electron chi connectivity index (χ0n) is 13.7. The average Bonchev–Trinajstić information content (AvgIpc) is 2.99. The fourth-order valence-electron chi connectivity index (χ4n) is 3.03. The first-order valence-electron chi connectivity index (χ1n) is 7.91. The number of aromatic nitrogens is 3. The van der Waals surface area contributed by atoms with Gasteiger partial charge in [0.05, 0.1) is 18.1 Å². The SMILES string of the molecule is C=CCn1cc(-c2nc3ccccc3nc2Cl)c2cc(OC)ccc21. The summed E-state index contributed by atoms with van der Waals surface area (Å²) < 4.78 is 7.50. The van der Waals surface area contributed by atoms with Crippen LogP contribution in [-0.4, -0.2) is 21.6 Å². The van der Waals surface area contributed by atoms with Gasteiger partial charge in [-0.3, -0.25) is 0 Å². The van der Waals surface area contributed by atoms with Gasteiger partial charge in [-0.25, -0.2) is 9.97 Å². The molecule has 25 heavy (non-hydrogen) atoms. The first-order chi connectivity index (χ1) is 12.2. The maximum absolute atomic E-state index is 6.46. The number of ether oxygens (including phenoxy) is 1. The quantitative estimate of drug-likeness (QED) is 0.481. The summed E-state index contributed by atoms with van der Waals surface area (Å²) in [5.41, 5.74) is 4.26. The Kier molecular flexibility index (Phi) is 3.90. The first-order valence-corrected chi connectivity index (χ1v) is 8.29. The molecule has 4 rings (SSSR count). The fourth-order valence-corrected chi connectivity index (χ4v) is 3.27. The van der Waals surface area contributed by atoms with Gasteiger partial charge < -0.3 is 9.30 Å². The maximum atomic E-state index is 6.46. The van der Waals surface area contributed by atoms with Gasteiger partial charge >= 0.3 is 0 Å². The van der Waals surface area contributed by atoms with Crippen LogP contribution in [0.25, 0.3) is 33.2 Å². The Bertz CT molecular complexity index is 1100. The summed E-state index contributed by atoms with van der Waals surface area (Å²) in [6.45, 7) is 4.53. The lowest BCUT2D eigenvalue weighted by Crippen LogP contribution is -1.92. The molecule has 0 aliphatic carbocycles. The smallest absolute Gasteiger partial charge is 0.156 e. The second-order valence-corrected chi connectivity index (χ2v) is 6.08. The van der Waals surface area contributed by atoms with Crippen molar-refractivity contribution in [3.05, 3.63) is 66.5 Å². The van der Waals surface area contributed by atoms with Crippen molar-refractivity contribution in [3.63, 3.8) is 0 Å². The van der Waals surface area contributed by atoms with Crippen molar-refractivity contribution in [1.29, 1.82) is 0 Å². The summed E-state index contributed by atoms with van der Waals surface area (Å²) in [5, 5.41) is 1.41. The monoisotopic (exact) mass is 349 g/mol.